The highest BCUT2D eigenvalue weighted by Gasteiger charge is 2.42. The van der Waals surface area contributed by atoms with Gasteiger partial charge in [0.2, 0.25) is 0 Å². The molecule has 0 saturated heterocycles. The second-order valence-electron chi connectivity index (χ2n) is 4.16. The van der Waals surface area contributed by atoms with Gasteiger partial charge in [-0.2, -0.15) is 0 Å². The maximum Gasteiger partial charge on any atom is 0.323 e. The summed E-state index contributed by atoms with van der Waals surface area (Å²) in [5.74, 6) is -2.46. The van der Waals surface area contributed by atoms with Gasteiger partial charge in [0.15, 0.2) is 5.41 Å². The van der Waals surface area contributed by atoms with Gasteiger partial charge in [-0.15, -0.1) is 0 Å². The molecule has 0 aromatic heterocycles. The number of benzene rings is 1. The van der Waals surface area contributed by atoms with E-state index in [9.17, 15) is 19.1 Å². The molecule has 1 N–H and O–H groups in total. The number of carbonyl (C=O) groups is 2. The number of esters is 1. The van der Waals surface area contributed by atoms with Crippen LogP contribution in [0.3, 0.4) is 0 Å². The monoisotopic (exact) mass is 254 g/mol. The van der Waals surface area contributed by atoms with E-state index in [4.69, 9.17) is 4.74 Å². The molecule has 1 rings (SSSR count). The van der Waals surface area contributed by atoms with E-state index in [-0.39, 0.29) is 13.0 Å². The molecule has 0 aliphatic heterocycles. The smallest absolute Gasteiger partial charge is 0.323 e. The summed E-state index contributed by atoms with van der Waals surface area (Å²) in [4.78, 5) is 22.9. The summed E-state index contributed by atoms with van der Waals surface area (Å²) in [5, 5.41) is 9.17. The summed E-state index contributed by atoms with van der Waals surface area (Å²) in [6.07, 6.45) is -0.0402. The quantitative estimate of drug-likeness (QED) is 0.645. The molecule has 0 heterocycles. The lowest BCUT2D eigenvalue weighted by molar-refractivity contribution is -0.167. The minimum atomic E-state index is -1.66. The van der Waals surface area contributed by atoms with Gasteiger partial charge in [0.1, 0.15) is 5.82 Å². The Bertz CT molecular complexity index is 441. The van der Waals surface area contributed by atoms with E-state index in [0.717, 1.165) is 0 Å². The first-order chi connectivity index (χ1) is 8.40. The van der Waals surface area contributed by atoms with Crippen LogP contribution in [0.5, 0.6) is 0 Å². The Morgan fingerprint density at radius 1 is 1.33 bits per heavy atom. The third kappa shape index (κ3) is 3.06. The maximum atomic E-state index is 12.7. The van der Waals surface area contributed by atoms with Gasteiger partial charge in [0.05, 0.1) is 6.61 Å². The van der Waals surface area contributed by atoms with Crippen molar-refractivity contribution >= 4 is 11.9 Å². The first kappa shape index (κ1) is 14.2. The summed E-state index contributed by atoms with van der Waals surface area (Å²) in [6, 6.07) is 5.36. The zero-order valence-corrected chi connectivity index (χ0v) is 10.3. The van der Waals surface area contributed by atoms with Gasteiger partial charge in [-0.05, 0) is 38.0 Å². The van der Waals surface area contributed by atoms with Gasteiger partial charge in [-0.3, -0.25) is 9.59 Å². The number of hydrogen-bond donors (Lipinski definition) is 1. The number of carbonyl (C=O) groups excluding carboxylic acids is 1. The molecule has 0 aliphatic carbocycles. The van der Waals surface area contributed by atoms with Crippen molar-refractivity contribution in [2.45, 2.75) is 20.3 Å². The topological polar surface area (TPSA) is 63.6 Å². The highest BCUT2D eigenvalue weighted by molar-refractivity contribution is 5.99. The average Bonchev–Trinajstić information content (AvgIpc) is 2.32. The molecule has 1 atom stereocenters. The van der Waals surface area contributed by atoms with Crippen molar-refractivity contribution in [2.75, 3.05) is 6.61 Å². The van der Waals surface area contributed by atoms with Gasteiger partial charge in [0.25, 0.3) is 0 Å². The maximum absolute atomic E-state index is 12.7. The second-order valence-corrected chi connectivity index (χ2v) is 4.16. The fraction of sp³-hybridized carbons (Fsp3) is 0.385. The minimum Gasteiger partial charge on any atom is -0.480 e. The van der Waals surface area contributed by atoms with Crippen molar-refractivity contribution in [1.82, 2.24) is 0 Å². The van der Waals surface area contributed by atoms with Crippen LogP contribution >= 0.6 is 0 Å². The van der Waals surface area contributed by atoms with Crippen LogP contribution < -0.4 is 0 Å². The van der Waals surface area contributed by atoms with Crippen LogP contribution in [0, 0.1) is 11.2 Å². The molecule has 18 heavy (non-hydrogen) atoms. The second kappa shape index (κ2) is 5.62. The third-order valence-electron chi connectivity index (χ3n) is 2.67. The number of ether oxygens (including phenoxy) is 1. The largest absolute Gasteiger partial charge is 0.480 e. The van der Waals surface area contributed by atoms with E-state index in [1.807, 2.05) is 0 Å². The lowest BCUT2D eigenvalue weighted by Crippen LogP contribution is -2.40. The van der Waals surface area contributed by atoms with Gasteiger partial charge in [-0.1, -0.05) is 12.1 Å². The molecule has 0 radical (unpaired) electrons. The van der Waals surface area contributed by atoms with Gasteiger partial charge in [0, 0.05) is 0 Å². The summed E-state index contributed by atoms with van der Waals surface area (Å²) in [6.45, 7) is 3.03. The molecular formula is C13H15FO4. The molecule has 0 fully saturated rings. The van der Waals surface area contributed by atoms with Crippen LogP contribution in [0.1, 0.15) is 19.4 Å². The van der Waals surface area contributed by atoms with Crippen molar-refractivity contribution < 1.29 is 23.8 Å². The number of halogens is 1. The van der Waals surface area contributed by atoms with Crippen LogP contribution in [0.4, 0.5) is 4.39 Å². The van der Waals surface area contributed by atoms with E-state index in [0.29, 0.717) is 5.56 Å². The van der Waals surface area contributed by atoms with Crippen LogP contribution in [0.25, 0.3) is 0 Å². The van der Waals surface area contributed by atoms with Crippen LogP contribution in [-0.2, 0) is 20.7 Å². The molecule has 0 amide bonds. The number of rotatable bonds is 5. The molecule has 0 aliphatic rings. The summed E-state index contributed by atoms with van der Waals surface area (Å²) < 4.78 is 17.5. The molecule has 1 aromatic carbocycles. The summed E-state index contributed by atoms with van der Waals surface area (Å²) in [7, 11) is 0. The zero-order chi connectivity index (χ0) is 13.8. The molecule has 0 spiro atoms. The van der Waals surface area contributed by atoms with E-state index in [2.05, 4.69) is 0 Å². The molecule has 0 bridgehead atoms. The normalized spacial score (nSPS) is 13.7. The predicted molar refractivity (Wildman–Crippen MR) is 62.5 cm³/mol. The Kier molecular flexibility index (Phi) is 4.42. The summed E-state index contributed by atoms with van der Waals surface area (Å²) in [5.41, 5.74) is -1.09. The average molecular weight is 254 g/mol. The fourth-order valence-corrected chi connectivity index (χ4v) is 1.54. The van der Waals surface area contributed by atoms with Crippen LogP contribution in [0.15, 0.2) is 24.3 Å². The zero-order valence-electron chi connectivity index (χ0n) is 10.3. The van der Waals surface area contributed by atoms with E-state index in [1.54, 1.807) is 6.92 Å². The lowest BCUT2D eigenvalue weighted by Gasteiger charge is -2.22. The number of carboxylic acids is 1. The lowest BCUT2D eigenvalue weighted by atomic mass is 9.83. The molecule has 98 valence electrons. The third-order valence-corrected chi connectivity index (χ3v) is 2.67. The molecule has 5 heteroatoms. The first-order valence-electron chi connectivity index (χ1n) is 5.55. The fourth-order valence-electron chi connectivity index (χ4n) is 1.54. The standard InChI is InChI=1S/C13H15FO4/c1-3-18-12(17)13(2,11(15)16)8-9-4-6-10(14)7-5-9/h4-7H,3,8H2,1-2H3,(H,15,16). The molecular weight excluding hydrogens is 239 g/mol. The van der Waals surface area contributed by atoms with Gasteiger partial charge < -0.3 is 9.84 Å². The van der Waals surface area contributed by atoms with Crippen molar-refractivity contribution in [1.29, 1.82) is 0 Å². The Labute approximate surface area is 104 Å². The molecule has 1 aromatic rings. The van der Waals surface area contributed by atoms with Crippen molar-refractivity contribution in [3.63, 3.8) is 0 Å². The van der Waals surface area contributed by atoms with E-state index < -0.39 is 23.2 Å². The Morgan fingerprint density at radius 3 is 2.33 bits per heavy atom. The highest BCUT2D eigenvalue weighted by Crippen LogP contribution is 2.25. The Morgan fingerprint density at radius 2 is 1.89 bits per heavy atom. The van der Waals surface area contributed by atoms with Crippen molar-refractivity contribution in [3.8, 4) is 0 Å². The van der Waals surface area contributed by atoms with Gasteiger partial charge >= 0.3 is 11.9 Å². The highest BCUT2D eigenvalue weighted by atomic mass is 19.1. The predicted octanol–water partition coefficient (Wildman–Crippen LogP) is 2.02. The SMILES string of the molecule is CCOC(=O)C(C)(Cc1ccc(F)cc1)C(=O)O. The molecule has 0 saturated carbocycles. The number of aliphatic carboxylic acids is 1. The number of hydrogen-bond acceptors (Lipinski definition) is 3. The van der Waals surface area contributed by atoms with Crippen LogP contribution in [0.2, 0.25) is 0 Å². The molecule has 4 nitrogen and oxygen atoms in total. The number of carboxylic acid groups (broad SMARTS) is 1. The van der Waals surface area contributed by atoms with Crippen LogP contribution in [-0.4, -0.2) is 23.7 Å². The van der Waals surface area contributed by atoms with Crippen molar-refractivity contribution in [3.05, 3.63) is 35.6 Å². The van der Waals surface area contributed by atoms with Crippen molar-refractivity contribution in [2.24, 2.45) is 5.41 Å². The van der Waals surface area contributed by atoms with E-state index >= 15 is 0 Å². The van der Waals surface area contributed by atoms with E-state index in [1.165, 1.54) is 31.2 Å². The Balaban J connectivity index is 2.96. The minimum absolute atomic E-state index is 0.0402. The summed E-state index contributed by atoms with van der Waals surface area (Å²) >= 11 is 0. The van der Waals surface area contributed by atoms with Gasteiger partial charge in [-0.25, -0.2) is 4.39 Å². The first-order valence-corrected chi connectivity index (χ1v) is 5.55. The Hall–Kier alpha value is -1.91. The molecule has 1 unspecified atom stereocenters.